The lowest BCUT2D eigenvalue weighted by molar-refractivity contribution is 0.0136. The molecular weight excluding hydrogens is 757 g/mol. The van der Waals surface area contributed by atoms with Crippen molar-refractivity contribution in [1.29, 1.82) is 0 Å². The van der Waals surface area contributed by atoms with E-state index in [1.807, 2.05) is 53.7 Å². The van der Waals surface area contributed by atoms with E-state index in [4.69, 9.17) is 28.9 Å². The molecule has 2 aromatic carbocycles. The van der Waals surface area contributed by atoms with Gasteiger partial charge in [0.15, 0.2) is 0 Å². The third kappa shape index (κ3) is 9.02. The second-order valence-corrected chi connectivity index (χ2v) is 17.5. The van der Waals surface area contributed by atoms with Crippen molar-refractivity contribution in [3.8, 4) is 11.5 Å². The molecule has 4 heterocycles. The van der Waals surface area contributed by atoms with Crippen LogP contribution in [0.25, 0.3) is 21.8 Å². The average Bonchev–Trinajstić information content (AvgIpc) is 3.17. The molecule has 6 rings (SSSR count). The Labute approximate surface area is 334 Å². The van der Waals surface area contributed by atoms with E-state index in [1.54, 1.807) is 70.5 Å². The van der Waals surface area contributed by atoms with Gasteiger partial charge in [-0.2, -0.15) is 0 Å². The second-order valence-electron chi connectivity index (χ2n) is 15.4. The smallest absolute Gasteiger partial charge is 0.410 e. The molecule has 4 aromatic rings. The quantitative estimate of drug-likeness (QED) is 0.178. The molecule has 2 aromatic heterocycles. The molecule has 2 aliphatic heterocycles. The van der Waals surface area contributed by atoms with E-state index in [2.05, 4.69) is 0 Å². The number of carbonyl (C=O) groups is 4. The average molecular weight is 805 g/mol. The lowest BCUT2D eigenvalue weighted by Gasteiger charge is -2.35. The highest BCUT2D eigenvalue weighted by atomic mass is 33.1. The van der Waals surface area contributed by atoms with Crippen molar-refractivity contribution in [3.05, 3.63) is 59.9 Å². The molecule has 0 spiro atoms. The number of carbonyl (C=O) groups excluding carboxylic acids is 4. The molecule has 0 atom stereocenters. The molecule has 14 nitrogen and oxygen atoms in total. The number of methoxy groups -OCH3 is 2. The first-order valence-electron chi connectivity index (χ1n) is 18.4. The highest BCUT2D eigenvalue weighted by Gasteiger charge is 2.32. The molecule has 0 aliphatic carbocycles. The molecule has 298 valence electrons. The van der Waals surface area contributed by atoms with Crippen LogP contribution < -0.4 is 9.47 Å². The van der Waals surface area contributed by atoms with Gasteiger partial charge < -0.3 is 38.5 Å². The van der Waals surface area contributed by atoms with Crippen LogP contribution in [0.5, 0.6) is 11.5 Å². The van der Waals surface area contributed by atoms with Crippen LogP contribution in [-0.4, -0.2) is 131 Å². The van der Waals surface area contributed by atoms with Gasteiger partial charge in [-0.15, -0.1) is 0 Å². The van der Waals surface area contributed by atoms with Gasteiger partial charge >= 0.3 is 12.2 Å². The number of nitrogens with zero attached hydrogens (tertiary/aromatic N) is 6. The minimum absolute atomic E-state index is 0.183. The summed E-state index contributed by atoms with van der Waals surface area (Å²) in [6, 6.07) is 10.8. The third-order valence-corrected chi connectivity index (χ3v) is 11.6. The number of amides is 4. The molecule has 0 N–H and O–H groups in total. The number of piperazine rings is 2. The summed E-state index contributed by atoms with van der Waals surface area (Å²) >= 11 is 0. The zero-order valence-electron chi connectivity index (χ0n) is 33.0. The SMILES string of the molecule is COc1cc(C(=O)N2CCN(C(=O)OC(C)(C)C)CC2)c2cccnc2c1SSc1c(OC)cc(C(=O)N2CCN(C(=O)OC(C)(C)C)CC2)c2cccnc12. The number of fused-ring (bicyclic) bond motifs is 2. The Bertz CT molecular complexity index is 1990. The van der Waals surface area contributed by atoms with Crippen LogP contribution in [0.1, 0.15) is 62.3 Å². The third-order valence-electron chi connectivity index (χ3n) is 9.17. The van der Waals surface area contributed by atoms with Crippen LogP contribution in [0, 0.1) is 0 Å². The minimum Gasteiger partial charge on any atom is -0.495 e. The van der Waals surface area contributed by atoms with Crippen molar-refractivity contribution in [2.24, 2.45) is 0 Å². The molecule has 56 heavy (non-hydrogen) atoms. The van der Waals surface area contributed by atoms with Gasteiger partial charge in [-0.05, 0) is 87.4 Å². The number of pyridine rings is 2. The molecule has 2 saturated heterocycles. The fraction of sp³-hybridized carbons (Fsp3) is 0.450. The van der Waals surface area contributed by atoms with Crippen molar-refractivity contribution in [3.63, 3.8) is 0 Å². The zero-order chi connectivity index (χ0) is 40.4. The maximum Gasteiger partial charge on any atom is 0.410 e. The maximum atomic E-state index is 14.0. The predicted octanol–water partition coefficient (Wildman–Crippen LogP) is 6.99. The summed E-state index contributed by atoms with van der Waals surface area (Å²) in [4.78, 5) is 70.8. The van der Waals surface area contributed by atoms with Crippen LogP contribution in [0.2, 0.25) is 0 Å². The van der Waals surface area contributed by atoms with Gasteiger partial charge in [-0.25, -0.2) is 9.59 Å². The van der Waals surface area contributed by atoms with Crippen LogP contribution in [0.15, 0.2) is 58.6 Å². The molecular formula is C40H48N6O8S2. The number of rotatable bonds is 7. The molecule has 4 amide bonds. The lowest BCUT2D eigenvalue weighted by atomic mass is 10.1. The van der Waals surface area contributed by atoms with Crippen molar-refractivity contribution >= 4 is 67.4 Å². The van der Waals surface area contributed by atoms with Crippen LogP contribution in [0.4, 0.5) is 9.59 Å². The van der Waals surface area contributed by atoms with Gasteiger partial charge in [-0.1, -0.05) is 12.1 Å². The monoisotopic (exact) mass is 804 g/mol. The van der Waals surface area contributed by atoms with Gasteiger partial charge in [-0.3, -0.25) is 19.6 Å². The Hall–Kier alpha value is -4.96. The Balaban J connectivity index is 1.23. The van der Waals surface area contributed by atoms with Crippen molar-refractivity contribution in [2.75, 3.05) is 66.6 Å². The number of benzene rings is 2. The Morgan fingerprint density at radius 1 is 0.571 bits per heavy atom. The molecule has 0 saturated carbocycles. The van der Waals surface area contributed by atoms with Gasteiger partial charge in [0.25, 0.3) is 11.8 Å². The Kier molecular flexibility index (Phi) is 12.1. The van der Waals surface area contributed by atoms with Gasteiger partial charge in [0, 0.05) is 75.5 Å². The highest BCUT2D eigenvalue weighted by molar-refractivity contribution is 8.76. The van der Waals surface area contributed by atoms with Crippen LogP contribution in [-0.2, 0) is 9.47 Å². The molecule has 2 aliphatic rings. The summed E-state index contributed by atoms with van der Waals surface area (Å²) in [6.07, 6.45) is 2.57. The van der Waals surface area contributed by atoms with E-state index in [0.717, 1.165) is 0 Å². The largest absolute Gasteiger partial charge is 0.495 e. The fourth-order valence-corrected chi connectivity index (χ4v) is 9.03. The summed E-state index contributed by atoms with van der Waals surface area (Å²) in [5.41, 5.74) is 0.867. The second kappa shape index (κ2) is 16.6. The zero-order valence-corrected chi connectivity index (χ0v) is 34.7. The summed E-state index contributed by atoms with van der Waals surface area (Å²) in [7, 11) is 5.89. The topological polar surface area (TPSA) is 144 Å². The van der Waals surface area contributed by atoms with Crippen LogP contribution >= 0.6 is 21.6 Å². The standard InChI is InChI=1S/C40H48N6O8S2/c1-39(2,3)53-37(49)45-19-15-43(16-20-45)35(47)27-23-29(51-7)33(31-25(27)11-9-13-41-31)55-56-34-30(52-8)24-28(26-12-10-14-42-32(26)34)36(48)44-17-21-46(22-18-44)38(50)54-40(4,5)6/h9-14,23-24H,15-22H2,1-8H3. The maximum absolute atomic E-state index is 14.0. The first-order valence-corrected chi connectivity index (χ1v) is 20.5. The summed E-state index contributed by atoms with van der Waals surface area (Å²) in [6.45, 7) is 13.8. The Morgan fingerprint density at radius 2 is 0.911 bits per heavy atom. The molecule has 0 radical (unpaired) electrons. The lowest BCUT2D eigenvalue weighted by Crippen LogP contribution is -2.51. The molecule has 2 fully saturated rings. The van der Waals surface area contributed by atoms with E-state index >= 15 is 0 Å². The summed E-state index contributed by atoms with van der Waals surface area (Å²) < 4.78 is 22.8. The van der Waals surface area contributed by atoms with Crippen molar-refractivity contribution in [2.45, 2.75) is 62.5 Å². The first kappa shape index (κ1) is 40.7. The van der Waals surface area contributed by atoms with Gasteiger partial charge in [0.1, 0.15) is 22.7 Å². The number of hydrogen-bond acceptors (Lipinski definition) is 12. The molecule has 0 unspecified atom stereocenters. The predicted molar refractivity (Wildman–Crippen MR) is 216 cm³/mol. The van der Waals surface area contributed by atoms with E-state index in [-0.39, 0.29) is 11.8 Å². The van der Waals surface area contributed by atoms with E-state index in [9.17, 15) is 19.2 Å². The highest BCUT2D eigenvalue weighted by Crippen LogP contribution is 2.50. The normalized spacial score (nSPS) is 15.2. The van der Waals surface area contributed by atoms with Crippen LogP contribution in [0.3, 0.4) is 0 Å². The Morgan fingerprint density at radius 3 is 1.23 bits per heavy atom. The summed E-state index contributed by atoms with van der Waals surface area (Å²) in [5.74, 6) is 0.575. The summed E-state index contributed by atoms with van der Waals surface area (Å²) in [5, 5.41) is 1.33. The van der Waals surface area contributed by atoms with E-state index < -0.39 is 23.4 Å². The number of hydrogen-bond donors (Lipinski definition) is 0. The fourth-order valence-electron chi connectivity index (χ4n) is 6.47. The minimum atomic E-state index is -0.606. The number of aromatic nitrogens is 2. The van der Waals surface area contributed by atoms with E-state index in [0.29, 0.717) is 107 Å². The number of ether oxygens (including phenoxy) is 4. The first-order chi connectivity index (χ1) is 26.6. The van der Waals surface area contributed by atoms with Crippen molar-refractivity contribution < 1.29 is 38.1 Å². The van der Waals surface area contributed by atoms with Gasteiger partial charge in [0.2, 0.25) is 0 Å². The molecule has 16 heteroatoms. The molecule has 0 bridgehead atoms. The van der Waals surface area contributed by atoms with Crippen molar-refractivity contribution in [1.82, 2.24) is 29.6 Å². The van der Waals surface area contributed by atoms with Gasteiger partial charge in [0.05, 0.1) is 46.2 Å². The van der Waals surface area contributed by atoms with E-state index in [1.165, 1.54) is 21.6 Å².